The summed E-state index contributed by atoms with van der Waals surface area (Å²) >= 11 is 2.44. The molecule has 0 nitrogen and oxygen atoms in total. The summed E-state index contributed by atoms with van der Waals surface area (Å²) in [6.45, 7) is 14.4. The molecular weight excluding hydrogens is 324 g/mol. The molecule has 0 amide bonds. The molecule has 2 heteroatoms. The van der Waals surface area contributed by atoms with Crippen molar-refractivity contribution in [1.82, 2.24) is 0 Å². The average Bonchev–Trinajstić information content (AvgIpc) is 2.14. The van der Waals surface area contributed by atoms with Crippen molar-refractivity contribution in [1.29, 1.82) is 0 Å². The summed E-state index contributed by atoms with van der Waals surface area (Å²) in [5, 5.41) is 2.36. The Hall–Kier alpha value is 0.226. The zero-order valence-electron chi connectivity index (χ0n) is 11.3. The molecule has 1 rings (SSSR count). The summed E-state index contributed by atoms with van der Waals surface area (Å²) in [5.74, 6) is 0. The van der Waals surface area contributed by atoms with E-state index in [2.05, 4.69) is 93.4 Å². The minimum atomic E-state index is -1.52. The molecule has 0 bridgehead atoms. The fourth-order valence-electron chi connectivity index (χ4n) is 2.66. The van der Waals surface area contributed by atoms with Gasteiger partial charge in [-0.25, -0.2) is 0 Å². The normalized spacial score (nSPS) is 13.9. The van der Waals surface area contributed by atoms with Crippen LogP contribution in [0.15, 0.2) is 30.3 Å². The zero-order chi connectivity index (χ0) is 12.6. The minimum absolute atomic E-state index is 0.386. The maximum atomic E-state index is 2.44. The van der Waals surface area contributed by atoms with Crippen molar-refractivity contribution in [3.63, 3.8) is 0 Å². The molecular formula is C14H23SiTe. The van der Waals surface area contributed by atoms with Gasteiger partial charge in [0, 0.05) is 0 Å². The van der Waals surface area contributed by atoms with Gasteiger partial charge in [-0.1, -0.05) is 0 Å². The third-order valence-electron chi connectivity index (χ3n) is 3.29. The second-order valence-corrected chi connectivity index (χ2v) is 16.7. The molecule has 0 atom stereocenters. The molecule has 0 aromatic heterocycles. The molecule has 0 aliphatic carbocycles. The summed E-state index contributed by atoms with van der Waals surface area (Å²) < 4.78 is 0. The maximum absolute atomic E-state index is 2.44. The van der Waals surface area contributed by atoms with Crippen LogP contribution in [-0.2, 0) is 0 Å². The van der Waals surface area contributed by atoms with Gasteiger partial charge in [0.1, 0.15) is 0 Å². The van der Waals surface area contributed by atoms with Gasteiger partial charge in [0.05, 0.1) is 0 Å². The topological polar surface area (TPSA) is 0 Å². The molecule has 1 radical (unpaired) electrons. The molecule has 0 heterocycles. The van der Waals surface area contributed by atoms with E-state index in [0.29, 0.717) is 10.1 Å². The van der Waals surface area contributed by atoms with Gasteiger partial charge in [0.2, 0.25) is 0 Å². The van der Waals surface area contributed by atoms with Gasteiger partial charge in [-0.2, -0.15) is 0 Å². The Balaban J connectivity index is 3.39. The van der Waals surface area contributed by atoms with E-state index in [-0.39, 0.29) is 0 Å². The van der Waals surface area contributed by atoms with Crippen LogP contribution in [0.3, 0.4) is 0 Å². The molecule has 0 saturated heterocycles. The van der Waals surface area contributed by atoms with Crippen molar-refractivity contribution in [2.45, 2.75) is 51.6 Å². The molecule has 0 aliphatic rings. The van der Waals surface area contributed by atoms with Crippen LogP contribution in [0.25, 0.3) is 0 Å². The Labute approximate surface area is 114 Å². The number of benzene rings is 1. The number of rotatable bonds is 1. The van der Waals surface area contributed by atoms with Crippen molar-refractivity contribution in [3.8, 4) is 0 Å². The van der Waals surface area contributed by atoms with Gasteiger partial charge in [-0.05, 0) is 0 Å². The molecule has 0 saturated carbocycles. The first kappa shape index (κ1) is 14.3. The van der Waals surface area contributed by atoms with Crippen LogP contribution >= 0.6 is 0 Å². The van der Waals surface area contributed by atoms with Crippen LogP contribution in [0.4, 0.5) is 0 Å². The summed E-state index contributed by atoms with van der Waals surface area (Å²) in [4.78, 5) is 0. The molecule has 0 spiro atoms. The van der Waals surface area contributed by atoms with Gasteiger partial charge in [-0.15, -0.1) is 0 Å². The van der Waals surface area contributed by atoms with Crippen LogP contribution in [0, 0.1) is 0 Å². The van der Waals surface area contributed by atoms with Gasteiger partial charge < -0.3 is 0 Å². The van der Waals surface area contributed by atoms with Crippen molar-refractivity contribution < 1.29 is 0 Å². The van der Waals surface area contributed by atoms with E-state index in [1.165, 1.54) is 0 Å². The monoisotopic (exact) mass is 349 g/mol. The second-order valence-electron chi connectivity index (χ2n) is 6.55. The molecule has 0 N–H and O–H groups in total. The number of hydrogen-bond donors (Lipinski definition) is 0. The molecule has 1 aromatic carbocycles. The Bertz CT molecular complexity index is 329. The van der Waals surface area contributed by atoms with E-state index in [9.17, 15) is 0 Å². The summed E-state index contributed by atoms with van der Waals surface area (Å²) in [7, 11) is 0. The van der Waals surface area contributed by atoms with Gasteiger partial charge >= 0.3 is 114 Å². The Morgan fingerprint density at radius 3 is 1.50 bits per heavy atom. The van der Waals surface area contributed by atoms with Crippen LogP contribution in [0.2, 0.25) is 10.1 Å². The van der Waals surface area contributed by atoms with Crippen molar-refractivity contribution in [2.24, 2.45) is 0 Å². The van der Waals surface area contributed by atoms with Crippen LogP contribution in [0.5, 0.6) is 0 Å². The first-order chi connectivity index (χ1) is 7.11. The summed E-state index contributed by atoms with van der Waals surface area (Å²) in [6, 6.07) is 11.1. The van der Waals surface area contributed by atoms with Crippen molar-refractivity contribution >= 4 is 32.3 Å². The predicted octanol–water partition coefficient (Wildman–Crippen LogP) is 3.61. The first-order valence-corrected chi connectivity index (χ1v) is 11.3. The molecule has 89 valence electrons. The van der Waals surface area contributed by atoms with E-state index in [1.54, 1.807) is 5.19 Å². The van der Waals surface area contributed by atoms with Gasteiger partial charge in [0.25, 0.3) is 0 Å². The molecule has 16 heavy (non-hydrogen) atoms. The third kappa shape index (κ3) is 2.40. The van der Waals surface area contributed by atoms with E-state index < -0.39 is 5.62 Å². The van der Waals surface area contributed by atoms with Crippen LogP contribution in [-0.4, -0.2) is 27.1 Å². The van der Waals surface area contributed by atoms with Crippen molar-refractivity contribution in [3.05, 3.63) is 30.3 Å². The fraction of sp³-hybridized carbons (Fsp3) is 0.571. The fourth-order valence-corrected chi connectivity index (χ4v) is 8.47. The van der Waals surface area contributed by atoms with E-state index >= 15 is 0 Å². The second kappa shape index (κ2) is 4.48. The molecule has 0 aliphatic heterocycles. The summed E-state index contributed by atoms with van der Waals surface area (Å²) in [5.41, 5.74) is -1.52. The van der Waals surface area contributed by atoms with E-state index in [1.807, 2.05) is 0 Å². The van der Waals surface area contributed by atoms with Crippen LogP contribution in [0.1, 0.15) is 41.5 Å². The standard InChI is InChI=1S/C14H23SiTe/c1-13(2,3)15(16,14(4,5)6)12-10-8-7-9-11-12/h7-11H,1-6H3. The van der Waals surface area contributed by atoms with E-state index in [4.69, 9.17) is 0 Å². The average molecular weight is 347 g/mol. The SMILES string of the molecule is CC(C)(C)[Si]([Te])(c1ccccc1)C(C)(C)C. The van der Waals surface area contributed by atoms with Gasteiger partial charge in [0.15, 0.2) is 0 Å². The van der Waals surface area contributed by atoms with Gasteiger partial charge in [-0.3, -0.25) is 0 Å². The molecule has 1 aromatic rings. The predicted molar refractivity (Wildman–Crippen MR) is 77.0 cm³/mol. The third-order valence-corrected chi connectivity index (χ3v) is 21.2. The Morgan fingerprint density at radius 2 is 1.19 bits per heavy atom. The quantitative estimate of drug-likeness (QED) is 0.681. The summed E-state index contributed by atoms with van der Waals surface area (Å²) in [6.07, 6.45) is 0. The Morgan fingerprint density at radius 1 is 0.812 bits per heavy atom. The van der Waals surface area contributed by atoms with Crippen LogP contribution < -0.4 is 5.19 Å². The van der Waals surface area contributed by atoms with E-state index in [0.717, 1.165) is 0 Å². The first-order valence-electron chi connectivity index (χ1n) is 5.86. The van der Waals surface area contributed by atoms with Crippen molar-refractivity contribution in [2.75, 3.05) is 0 Å². The molecule has 0 unspecified atom stereocenters. The molecule has 0 fully saturated rings. The number of hydrogen-bond acceptors (Lipinski definition) is 0. The Kier molecular flexibility index (Phi) is 4.00. The zero-order valence-corrected chi connectivity index (χ0v) is 14.6.